The second-order valence-corrected chi connectivity index (χ2v) is 11.5. The number of carbonyl (C=O) groups is 2. The second-order valence-electron chi connectivity index (χ2n) is 10.4. The average molecular weight is 606 g/mol. The zero-order chi connectivity index (χ0) is 30.2. The van der Waals surface area contributed by atoms with E-state index in [1.54, 1.807) is 30.6 Å². The topological polar surface area (TPSA) is 90.3 Å². The minimum absolute atomic E-state index is 0.0115. The van der Waals surface area contributed by atoms with Gasteiger partial charge in [0, 0.05) is 29.2 Å². The van der Waals surface area contributed by atoms with Gasteiger partial charge >= 0.3 is 12.3 Å². The Morgan fingerprint density at radius 1 is 1.10 bits per heavy atom. The molecule has 1 amide bonds. The average Bonchev–Trinajstić information content (AvgIpc) is 3.10. The number of aromatic nitrogens is 1. The molecule has 0 bridgehead atoms. The van der Waals surface area contributed by atoms with E-state index in [0.717, 1.165) is 18.1 Å². The quantitative estimate of drug-likeness (QED) is 0.330. The molecule has 2 aromatic rings. The number of nitrogens with zero attached hydrogens (tertiary/aromatic N) is 3. The fourth-order valence-electron chi connectivity index (χ4n) is 5.30. The predicted octanol–water partition coefficient (Wildman–Crippen LogP) is 5.15. The lowest BCUT2D eigenvalue weighted by atomic mass is 9.85. The molecule has 1 aromatic heterocycles. The van der Waals surface area contributed by atoms with Gasteiger partial charge < -0.3 is 19.1 Å². The number of pyridine rings is 1. The van der Waals surface area contributed by atoms with Gasteiger partial charge in [-0.1, -0.05) is 48.6 Å². The van der Waals surface area contributed by atoms with Crippen LogP contribution in [0.25, 0.3) is 0 Å². The maximum absolute atomic E-state index is 14.1. The van der Waals surface area contributed by atoms with Crippen molar-refractivity contribution in [1.82, 2.24) is 9.58 Å². The van der Waals surface area contributed by atoms with Crippen LogP contribution in [0.3, 0.4) is 0 Å². The fraction of sp³-hybridized carbons (Fsp3) is 0.414. The SMILES string of the molecule is CC(C)OC(=O)OCOc1c2n(ccc1=O)N([C@H]1c3ccccc3CSC3C=CC=CC31)CN([C@H](C)C(F)(F)F)C2=O. The van der Waals surface area contributed by atoms with Gasteiger partial charge in [-0.2, -0.15) is 13.2 Å². The third kappa shape index (κ3) is 5.74. The van der Waals surface area contributed by atoms with Gasteiger partial charge in [0.2, 0.25) is 18.0 Å². The van der Waals surface area contributed by atoms with Crippen LogP contribution >= 0.6 is 11.8 Å². The lowest BCUT2D eigenvalue weighted by molar-refractivity contribution is -0.173. The van der Waals surface area contributed by atoms with E-state index in [-0.39, 0.29) is 11.2 Å². The van der Waals surface area contributed by atoms with Gasteiger partial charge in [-0.15, -0.1) is 11.8 Å². The number of carbonyl (C=O) groups excluding carboxylic acids is 2. The summed E-state index contributed by atoms with van der Waals surface area (Å²) in [7, 11) is 0. The van der Waals surface area contributed by atoms with Crippen molar-refractivity contribution < 1.29 is 37.0 Å². The molecule has 3 heterocycles. The molecule has 2 aliphatic heterocycles. The number of thioether (sulfide) groups is 1. The molecule has 0 N–H and O–H groups in total. The van der Waals surface area contributed by atoms with E-state index in [2.05, 4.69) is 6.08 Å². The highest BCUT2D eigenvalue weighted by molar-refractivity contribution is 7.99. The van der Waals surface area contributed by atoms with Crippen molar-refractivity contribution in [3.63, 3.8) is 0 Å². The van der Waals surface area contributed by atoms with Crippen LogP contribution in [-0.4, -0.2) is 58.7 Å². The molecule has 3 aliphatic rings. The van der Waals surface area contributed by atoms with Crippen LogP contribution in [0.2, 0.25) is 0 Å². The molecule has 42 heavy (non-hydrogen) atoms. The summed E-state index contributed by atoms with van der Waals surface area (Å²) in [5, 5.41) is 1.68. The highest BCUT2D eigenvalue weighted by Crippen LogP contribution is 2.45. The van der Waals surface area contributed by atoms with E-state index >= 15 is 0 Å². The first-order chi connectivity index (χ1) is 20.0. The molecule has 1 aromatic carbocycles. The Labute approximate surface area is 244 Å². The molecule has 0 radical (unpaired) electrons. The Morgan fingerprint density at radius 2 is 1.83 bits per heavy atom. The molecule has 2 unspecified atom stereocenters. The number of hydrogen-bond donors (Lipinski definition) is 0. The standard InChI is InChI=1S/C29H30F3N3O6S/c1-17(2)41-28(38)40-16-39-26-22(36)12-13-34-25(26)27(37)33(18(3)29(30,31)32)15-35(34)24-20-9-5-4-8-19(20)14-42-23-11-7-6-10-21(23)24/h4-13,17-18,21,23-24H,14-16H2,1-3H3/t18-,21?,23?,24+/m1/s1. The molecule has 1 aliphatic carbocycles. The van der Waals surface area contributed by atoms with Crippen molar-refractivity contribution in [2.24, 2.45) is 5.92 Å². The monoisotopic (exact) mass is 605 g/mol. The number of hydrogen-bond acceptors (Lipinski definition) is 8. The largest absolute Gasteiger partial charge is 0.511 e. The first-order valence-corrected chi connectivity index (χ1v) is 14.4. The minimum Gasteiger partial charge on any atom is -0.451 e. The molecule has 0 saturated carbocycles. The number of rotatable bonds is 6. The number of halogens is 3. The first-order valence-electron chi connectivity index (χ1n) is 13.4. The maximum Gasteiger partial charge on any atom is 0.511 e. The van der Waals surface area contributed by atoms with Gasteiger partial charge in [-0.25, -0.2) is 4.79 Å². The fourth-order valence-corrected chi connectivity index (χ4v) is 6.60. The van der Waals surface area contributed by atoms with Crippen molar-refractivity contribution in [2.45, 2.75) is 56.1 Å². The van der Waals surface area contributed by atoms with Crippen LogP contribution in [0.15, 0.2) is 65.6 Å². The molecular weight excluding hydrogens is 575 g/mol. The number of alkyl halides is 3. The van der Waals surface area contributed by atoms with Gasteiger partial charge in [0.15, 0.2) is 5.69 Å². The van der Waals surface area contributed by atoms with Crippen molar-refractivity contribution in [1.29, 1.82) is 0 Å². The molecule has 0 saturated heterocycles. The van der Waals surface area contributed by atoms with Crippen LogP contribution in [-0.2, 0) is 15.2 Å². The second kappa shape index (κ2) is 11.8. The third-order valence-electron chi connectivity index (χ3n) is 7.34. The minimum atomic E-state index is -4.74. The van der Waals surface area contributed by atoms with Crippen LogP contribution in [0.4, 0.5) is 18.0 Å². The summed E-state index contributed by atoms with van der Waals surface area (Å²) in [4.78, 5) is 39.3. The van der Waals surface area contributed by atoms with E-state index in [1.165, 1.54) is 16.9 Å². The molecule has 5 rings (SSSR count). The van der Waals surface area contributed by atoms with E-state index in [9.17, 15) is 27.6 Å². The molecule has 0 spiro atoms. The van der Waals surface area contributed by atoms with E-state index in [4.69, 9.17) is 14.2 Å². The zero-order valence-corrected chi connectivity index (χ0v) is 23.9. The number of benzene rings is 1. The molecule has 4 atom stereocenters. The first kappa shape index (κ1) is 29.6. The Morgan fingerprint density at radius 3 is 2.57 bits per heavy atom. The van der Waals surface area contributed by atoms with Gasteiger partial charge in [-0.3, -0.25) is 19.3 Å². The summed E-state index contributed by atoms with van der Waals surface area (Å²) in [6.07, 6.45) is 3.02. The van der Waals surface area contributed by atoms with Crippen molar-refractivity contribution in [3.05, 3.63) is 87.9 Å². The number of ether oxygens (including phenoxy) is 3. The van der Waals surface area contributed by atoms with Crippen molar-refractivity contribution in [2.75, 3.05) is 18.5 Å². The summed E-state index contributed by atoms with van der Waals surface area (Å²) in [6.45, 7) is 2.92. The van der Waals surface area contributed by atoms with Crippen LogP contribution in [0.1, 0.15) is 48.4 Å². The Balaban J connectivity index is 1.63. The Bertz CT molecular complexity index is 1470. The number of allylic oxidation sites excluding steroid dienone is 2. The normalized spacial score (nSPS) is 22.2. The highest BCUT2D eigenvalue weighted by atomic mass is 32.2. The number of amides is 1. The lowest BCUT2D eigenvalue weighted by Gasteiger charge is -2.48. The van der Waals surface area contributed by atoms with Gasteiger partial charge in [-0.05, 0) is 31.9 Å². The zero-order valence-electron chi connectivity index (χ0n) is 23.1. The molecule has 9 nitrogen and oxygen atoms in total. The predicted molar refractivity (Wildman–Crippen MR) is 150 cm³/mol. The van der Waals surface area contributed by atoms with Crippen LogP contribution in [0, 0.1) is 5.92 Å². The smallest absolute Gasteiger partial charge is 0.451 e. The Hall–Kier alpha value is -3.87. The van der Waals surface area contributed by atoms with Crippen LogP contribution in [0.5, 0.6) is 5.75 Å². The van der Waals surface area contributed by atoms with Gasteiger partial charge in [0.25, 0.3) is 5.91 Å². The highest BCUT2D eigenvalue weighted by Gasteiger charge is 2.49. The van der Waals surface area contributed by atoms with E-state index in [0.29, 0.717) is 10.7 Å². The molecular formula is C29H30F3N3O6S. The van der Waals surface area contributed by atoms with Crippen molar-refractivity contribution in [3.8, 4) is 5.75 Å². The summed E-state index contributed by atoms with van der Waals surface area (Å²) in [5.41, 5.74) is 0.768. The van der Waals surface area contributed by atoms with E-state index < -0.39 is 66.8 Å². The maximum atomic E-state index is 14.1. The lowest BCUT2D eigenvalue weighted by Crippen LogP contribution is -2.61. The Kier molecular flexibility index (Phi) is 8.31. The van der Waals surface area contributed by atoms with E-state index in [1.807, 2.05) is 42.5 Å². The molecule has 0 fully saturated rings. The third-order valence-corrected chi connectivity index (χ3v) is 8.67. The van der Waals surface area contributed by atoms with Crippen LogP contribution < -0.4 is 15.2 Å². The molecule has 224 valence electrons. The van der Waals surface area contributed by atoms with Crippen molar-refractivity contribution >= 4 is 23.8 Å². The summed E-state index contributed by atoms with van der Waals surface area (Å²) >= 11 is 1.73. The molecule has 13 heteroatoms. The number of fused-ring (bicyclic) bond motifs is 3. The van der Waals surface area contributed by atoms with Gasteiger partial charge in [0.1, 0.15) is 12.7 Å². The summed E-state index contributed by atoms with van der Waals surface area (Å²) < 4.78 is 58.9. The van der Waals surface area contributed by atoms with Gasteiger partial charge in [0.05, 0.1) is 12.1 Å². The summed E-state index contributed by atoms with van der Waals surface area (Å²) in [5.74, 6) is -1.06. The summed E-state index contributed by atoms with van der Waals surface area (Å²) in [6, 6.07) is 6.20.